The van der Waals surface area contributed by atoms with Gasteiger partial charge in [-0.05, 0) is 42.0 Å². The minimum Gasteiger partial charge on any atom is -0.497 e. The lowest BCUT2D eigenvalue weighted by molar-refractivity contribution is -0.139. The molecular formula is C23H25ClN2O4. The van der Waals surface area contributed by atoms with Gasteiger partial charge in [0.1, 0.15) is 5.75 Å². The fraction of sp³-hybridized carbons (Fsp3) is 0.391. The van der Waals surface area contributed by atoms with E-state index in [1.165, 1.54) is 0 Å². The molecule has 6 nitrogen and oxygen atoms in total. The van der Waals surface area contributed by atoms with Gasteiger partial charge in [-0.25, -0.2) is 0 Å². The highest BCUT2D eigenvalue weighted by molar-refractivity contribution is 6.30. The Labute approximate surface area is 181 Å². The van der Waals surface area contributed by atoms with Gasteiger partial charge in [0.25, 0.3) is 5.91 Å². The second-order valence-electron chi connectivity index (χ2n) is 7.64. The van der Waals surface area contributed by atoms with Crippen molar-refractivity contribution < 1.29 is 19.1 Å². The summed E-state index contributed by atoms with van der Waals surface area (Å²) in [6.07, 6.45) is 0. The van der Waals surface area contributed by atoms with Gasteiger partial charge in [-0.2, -0.15) is 0 Å². The number of morpholine rings is 1. The predicted octanol–water partition coefficient (Wildman–Crippen LogP) is 3.06. The van der Waals surface area contributed by atoms with Crippen LogP contribution in [0.25, 0.3) is 0 Å². The quantitative estimate of drug-likeness (QED) is 0.751. The minimum absolute atomic E-state index is 0.0810. The van der Waals surface area contributed by atoms with Crippen LogP contribution in [-0.2, 0) is 9.53 Å². The largest absolute Gasteiger partial charge is 0.497 e. The van der Waals surface area contributed by atoms with Crippen LogP contribution in [0, 0.1) is 5.92 Å². The number of methoxy groups -OCH3 is 1. The van der Waals surface area contributed by atoms with Crippen LogP contribution in [0.2, 0.25) is 5.02 Å². The Kier molecular flexibility index (Phi) is 6.25. The maximum absolute atomic E-state index is 13.4. The second kappa shape index (κ2) is 9.06. The van der Waals surface area contributed by atoms with Crippen LogP contribution in [0.5, 0.6) is 5.75 Å². The number of rotatable bonds is 4. The summed E-state index contributed by atoms with van der Waals surface area (Å²) in [6, 6.07) is 14.6. The van der Waals surface area contributed by atoms with E-state index in [1.807, 2.05) is 29.2 Å². The highest BCUT2D eigenvalue weighted by Crippen LogP contribution is 2.36. The van der Waals surface area contributed by atoms with Crippen LogP contribution in [0.3, 0.4) is 0 Å². The van der Waals surface area contributed by atoms with Gasteiger partial charge in [0.15, 0.2) is 0 Å². The SMILES string of the molecule is COc1cccc(C2CN(C(=O)c3ccc(Cl)cc3)CC2C(=O)N2CCOCC2)c1. The molecule has 0 spiro atoms. The standard InChI is InChI=1S/C23H25ClN2O4/c1-29-19-4-2-3-17(13-19)20-14-26(22(27)16-5-7-18(24)8-6-16)15-21(20)23(28)25-9-11-30-12-10-25/h2-8,13,20-21H,9-12,14-15H2,1H3. The smallest absolute Gasteiger partial charge is 0.253 e. The van der Waals surface area contributed by atoms with Crippen molar-refractivity contribution in [3.05, 3.63) is 64.7 Å². The maximum atomic E-state index is 13.4. The zero-order valence-electron chi connectivity index (χ0n) is 16.9. The first-order valence-corrected chi connectivity index (χ1v) is 10.5. The van der Waals surface area contributed by atoms with E-state index in [2.05, 4.69) is 0 Å². The number of likely N-dealkylation sites (tertiary alicyclic amines) is 1. The number of amides is 2. The third-order valence-corrected chi connectivity index (χ3v) is 6.11. The average molecular weight is 429 g/mol. The Morgan fingerprint density at radius 3 is 2.47 bits per heavy atom. The summed E-state index contributed by atoms with van der Waals surface area (Å²) in [5, 5.41) is 0.586. The van der Waals surface area contributed by atoms with E-state index in [1.54, 1.807) is 36.3 Å². The molecule has 158 valence electrons. The summed E-state index contributed by atoms with van der Waals surface area (Å²) in [5.41, 5.74) is 1.58. The number of nitrogens with zero attached hydrogens (tertiary/aromatic N) is 2. The molecule has 0 bridgehead atoms. The fourth-order valence-electron chi connectivity index (χ4n) is 4.22. The molecule has 2 saturated heterocycles. The first-order valence-electron chi connectivity index (χ1n) is 10.1. The molecule has 2 amide bonds. The molecule has 2 aliphatic rings. The average Bonchev–Trinajstić information content (AvgIpc) is 3.25. The van der Waals surface area contributed by atoms with Crippen molar-refractivity contribution in [2.24, 2.45) is 5.92 Å². The second-order valence-corrected chi connectivity index (χ2v) is 8.08. The Hall–Kier alpha value is -2.57. The van der Waals surface area contributed by atoms with Gasteiger partial charge < -0.3 is 19.3 Å². The molecule has 0 aliphatic carbocycles. The van der Waals surface area contributed by atoms with Gasteiger partial charge in [0.2, 0.25) is 5.91 Å². The Morgan fingerprint density at radius 2 is 1.77 bits per heavy atom. The lowest BCUT2D eigenvalue weighted by atomic mass is 9.87. The van der Waals surface area contributed by atoms with Crippen molar-refractivity contribution in [3.63, 3.8) is 0 Å². The maximum Gasteiger partial charge on any atom is 0.253 e. The molecule has 7 heteroatoms. The molecule has 0 N–H and O–H groups in total. The van der Waals surface area contributed by atoms with Crippen molar-refractivity contribution in [2.45, 2.75) is 5.92 Å². The van der Waals surface area contributed by atoms with Gasteiger partial charge in [-0.1, -0.05) is 23.7 Å². The van der Waals surface area contributed by atoms with Crippen molar-refractivity contribution in [1.29, 1.82) is 0 Å². The van der Waals surface area contributed by atoms with Crippen molar-refractivity contribution >= 4 is 23.4 Å². The van der Waals surface area contributed by atoms with Gasteiger partial charge >= 0.3 is 0 Å². The normalized spacial score (nSPS) is 21.5. The van der Waals surface area contributed by atoms with Crippen molar-refractivity contribution in [3.8, 4) is 5.75 Å². The number of benzene rings is 2. The molecule has 2 aliphatic heterocycles. The number of carbonyl (C=O) groups is 2. The van der Waals surface area contributed by atoms with Crippen LogP contribution in [0.15, 0.2) is 48.5 Å². The molecule has 2 aromatic carbocycles. The number of hydrogen-bond donors (Lipinski definition) is 0. The topological polar surface area (TPSA) is 59.1 Å². The van der Waals surface area contributed by atoms with Crippen LogP contribution in [-0.4, -0.2) is 68.1 Å². The van der Waals surface area contributed by atoms with Gasteiger partial charge in [-0.15, -0.1) is 0 Å². The molecule has 0 radical (unpaired) electrons. The minimum atomic E-state index is -0.300. The highest BCUT2D eigenvalue weighted by atomic mass is 35.5. The molecule has 2 unspecified atom stereocenters. The molecule has 2 aromatic rings. The lowest BCUT2D eigenvalue weighted by Gasteiger charge is -2.30. The lowest BCUT2D eigenvalue weighted by Crippen LogP contribution is -2.45. The summed E-state index contributed by atoms with van der Waals surface area (Å²) >= 11 is 5.96. The molecule has 0 aromatic heterocycles. The van der Waals surface area contributed by atoms with E-state index in [0.717, 1.165) is 11.3 Å². The van der Waals surface area contributed by atoms with E-state index in [-0.39, 0.29) is 23.7 Å². The van der Waals surface area contributed by atoms with Gasteiger partial charge in [-0.3, -0.25) is 9.59 Å². The van der Waals surface area contributed by atoms with Gasteiger partial charge in [0.05, 0.1) is 26.2 Å². The summed E-state index contributed by atoms with van der Waals surface area (Å²) < 4.78 is 10.8. The molecule has 0 saturated carbocycles. The predicted molar refractivity (Wildman–Crippen MR) is 114 cm³/mol. The van der Waals surface area contributed by atoms with Crippen LogP contribution >= 0.6 is 11.6 Å². The number of carbonyl (C=O) groups excluding carboxylic acids is 2. The fourth-order valence-corrected chi connectivity index (χ4v) is 4.35. The van der Waals surface area contributed by atoms with E-state index in [0.29, 0.717) is 50.0 Å². The molecule has 2 fully saturated rings. The van der Waals surface area contributed by atoms with Crippen LogP contribution < -0.4 is 4.74 Å². The third-order valence-electron chi connectivity index (χ3n) is 5.86. The summed E-state index contributed by atoms with van der Waals surface area (Å²) in [7, 11) is 1.63. The van der Waals surface area contributed by atoms with E-state index >= 15 is 0 Å². The van der Waals surface area contributed by atoms with Crippen molar-refractivity contribution in [2.75, 3.05) is 46.5 Å². The van der Waals surface area contributed by atoms with E-state index in [4.69, 9.17) is 21.1 Å². The molecular weight excluding hydrogens is 404 g/mol. The van der Waals surface area contributed by atoms with Crippen LogP contribution in [0.1, 0.15) is 21.8 Å². The third kappa shape index (κ3) is 4.30. The zero-order chi connectivity index (χ0) is 21.1. The van der Waals surface area contributed by atoms with Crippen LogP contribution in [0.4, 0.5) is 0 Å². The molecule has 30 heavy (non-hydrogen) atoms. The van der Waals surface area contributed by atoms with E-state index < -0.39 is 0 Å². The number of ether oxygens (including phenoxy) is 2. The molecule has 4 rings (SSSR count). The first-order chi connectivity index (χ1) is 14.6. The van der Waals surface area contributed by atoms with Gasteiger partial charge in [0, 0.05) is 42.7 Å². The summed E-state index contributed by atoms with van der Waals surface area (Å²) in [6.45, 7) is 3.15. The Morgan fingerprint density at radius 1 is 1.03 bits per heavy atom. The zero-order valence-corrected chi connectivity index (χ0v) is 17.7. The summed E-state index contributed by atoms with van der Waals surface area (Å²) in [4.78, 5) is 30.1. The Bertz CT molecular complexity index is 912. The summed E-state index contributed by atoms with van der Waals surface area (Å²) in [5.74, 6) is 0.347. The molecule has 2 atom stereocenters. The first kappa shape index (κ1) is 20.7. The number of hydrogen-bond acceptors (Lipinski definition) is 4. The Balaban J connectivity index is 1.61. The monoisotopic (exact) mass is 428 g/mol. The number of halogens is 1. The highest BCUT2D eigenvalue weighted by Gasteiger charge is 2.42. The van der Waals surface area contributed by atoms with Crippen molar-refractivity contribution in [1.82, 2.24) is 9.80 Å². The molecule has 2 heterocycles. The van der Waals surface area contributed by atoms with E-state index in [9.17, 15) is 9.59 Å².